The van der Waals surface area contributed by atoms with Gasteiger partial charge in [-0.3, -0.25) is 14.4 Å². The normalized spacial score (nSPS) is 22.7. The molecule has 5 atom stereocenters. The lowest BCUT2D eigenvalue weighted by atomic mass is 9.95. The fourth-order valence-electron chi connectivity index (χ4n) is 4.32. The Morgan fingerprint density at radius 2 is 1.68 bits per heavy atom. The van der Waals surface area contributed by atoms with E-state index in [4.69, 9.17) is 4.74 Å². The van der Waals surface area contributed by atoms with Crippen molar-refractivity contribution in [1.29, 1.82) is 0 Å². The summed E-state index contributed by atoms with van der Waals surface area (Å²) in [5.74, 6) is -0.765. The van der Waals surface area contributed by atoms with Crippen LogP contribution in [0.15, 0.2) is 60.8 Å². The molecule has 2 aliphatic heterocycles. The van der Waals surface area contributed by atoms with Crippen LogP contribution >= 0.6 is 0 Å². The minimum absolute atomic E-state index is 0.0133. The zero-order valence-electron chi connectivity index (χ0n) is 22.2. The quantitative estimate of drug-likeness (QED) is 0.461. The van der Waals surface area contributed by atoms with E-state index in [0.717, 1.165) is 5.56 Å². The summed E-state index contributed by atoms with van der Waals surface area (Å²) >= 11 is 0. The molecule has 0 aliphatic carbocycles. The highest BCUT2D eigenvalue weighted by molar-refractivity contribution is 5.94. The summed E-state index contributed by atoms with van der Waals surface area (Å²) in [6.07, 6.45) is 3.18. The average Bonchev–Trinajstić information content (AvgIpc) is 2.89. The first kappa shape index (κ1) is 27.9. The minimum Gasteiger partial charge on any atom is -0.483 e. The van der Waals surface area contributed by atoms with Gasteiger partial charge < -0.3 is 26.0 Å². The predicted octanol–water partition coefficient (Wildman–Crippen LogP) is 3.17. The summed E-state index contributed by atoms with van der Waals surface area (Å²) in [4.78, 5) is 40.3. The van der Waals surface area contributed by atoms with Crippen molar-refractivity contribution in [1.82, 2.24) is 21.3 Å². The van der Waals surface area contributed by atoms with Crippen LogP contribution in [0.5, 0.6) is 5.75 Å². The van der Waals surface area contributed by atoms with E-state index >= 15 is 0 Å². The largest absolute Gasteiger partial charge is 0.483 e. The highest BCUT2D eigenvalue weighted by Crippen LogP contribution is 2.27. The monoisotopic (exact) mass is 506 g/mol. The van der Waals surface area contributed by atoms with Crippen LogP contribution < -0.4 is 26.0 Å². The third-order valence-electron chi connectivity index (χ3n) is 6.71. The zero-order chi connectivity index (χ0) is 26.9. The van der Waals surface area contributed by atoms with E-state index in [1.807, 2.05) is 70.2 Å². The maximum atomic E-state index is 13.9. The predicted molar refractivity (Wildman–Crippen MR) is 144 cm³/mol. The van der Waals surface area contributed by atoms with Crippen LogP contribution in [0.4, 0.5) is 0 Å². The van der Waals surface area contributed by atoms with Crippen LogP contribution in [0.3, 0.4) is 0 Å². The van der Waals surface area contributed by atoms with Crippen molar-refractivity contribution in [2.45, 2.75) is 58.3 Å². The first-order valence-electron chi connectivity index (χ1n) is 12.8. The number of rotatable bonds is 7. The van der Waals surface area contributed by atoms with Crippen LogP contribution in [-0.2, 0) is 14.4 Å². The zero-order valence-corrected chi connectivity index (χ0v) is 22.2. The number of hydrogen-bond acceptors (Lipinski definition) is 5. The van der Waals surface area contributed by atoms with Crippen molar-refractivity contribution >= 4 is 23.8 Å². The van der Waals surface area contributed by atoms with Crippen molar-refractivity contribution in [3.63, 3.8) is 0 Å². The number of carbonyl (C=O) groups excluding carboxylic acids is 3. The van der Waals surface area contributed by atoms with E-state index in [1.165, 1.54) is 0 Å². The summed E-state index contributed by atoms with van der Waals surface area (Å²) in [5.41, 5.74) is 1.60. The maximum Gasteiger partial charge on any atom is 0.247 e. The fourth-order valence-corrected chi connectivity index (χ4v) is 4.32. The molecule has 2 bridgehead atoms. The fraction of sp³-hybridized carbons (Fsp3) is 0.414. The van der Waals surface area contributed by atoms with Gasteiger partial charge in [0.1, 0.15) is 17.8 Å². The topological polar surface area (TPSA) is 109 Å². The van der Waals surface area contributed by atoms with Crippen molar-refractivity contribution in [3.8, 4) is 5.75 Å². The second-order valence-corrected chi connectivity index (χ2v) is 9.73. The molecule has 2 heterocycles. The van der Waals surface area contributed by atoms with E-state index in [2.05, 4.69) is 21.3 Å². The van der Waals surface area contributed by atoms with Crippen LogP contribution in [0.2, 0.25) is 0 Å². The molecular weight excluding hydrogens is 468 g/mol. The van der Waals surface area contributed by atoms with Crippen molar-refractivity contribution in [2.75, 3.05) is 7.05 Å². The van der Waals surface area contributed by atoms with E-state index < -0.39 is 30.1 Å². The van der Waals surface area contributed by atoms with Gasteiger partial charge >= 0.3 is 0 Å². The van der Waals surface area contributed by atoms with Gasteiger partial charge in [0.15, 0.2) is 6.10 Å². The third-order valence-corrected chi connectivity index (χ3v) is 6.71. The van der Waals surface area contributed by atoms with Crippen LogP contribution in [0, 0.1) is 11.8 Å². The van der Waals surface area contributed by atoms with Gasteiger partial charge in [0.25, 0.3) is 0 Å². The van der Waals surface area contributed by atoms with Gasteiger partial charge in [-0.1, -0.05) is 76.6 Å². The molecule has 3 amide bonds. The summed E-state index contributed by atoms with van der Waals surface area (Å²) in [7, 11) is 1.71. The van der Waals surface area contributed by atoms with Gasteiger partial charge in [-0.2, -0.15) is 0 Å². The molecule has 0 saturated carbocycles. The third kappa shape index (κ3) is 7.20. The van der Waals surface area contributed by atoms with E-state index in [9.17, 15) is 14.4 Å². The number of hydrogen-bond donors (Lipinski definition) is 4. The Hall–Kier alpha value is -3.65. The first-order chi connectivity index (χ1) is 17.7. The second-order valence-electron chi connectivity index (χ2n) is 9.73. The molecule has 4 rings (SSSR count). The van der Waals surface area contributed by atoms with Gasteiger partial charge in [-0.15, -0.1) is 0 Å². The van der Waals surface area contributed by atoms with E-state index in [0.29, 0.717) is 17.7 Å². The Morgan fingerprint density at radius 3 is 2.27 bits per heavy atom. The van der Waals surface area contributed by atoms with Crippen LogP contribution in [0.1, 0.15) is 51.3 Å². The molecule has 37 heavy (non-hydrogen) atoms. The summed E-state index contributed by atoms with van der Waals surface area (Å²) in [6.45, 7) is 7.72. The number of carbonyl (C=O) groups is 3. The van der Waals surface area contributed by atoms with Gasteiger partial charge in [-0.25, -0.2) is 0 Å². The highest BCUT2D eigenvalue weighted by atomic mass is 16.5. The number of nitrogens with one attached hydrogen (secondary N) is 4. The molecule has 0 saturated heterocycles. The molecule has 2 aromatic rings. The number of likely N-dealkylation sites (N-methyl/N-ethyl adjacent to an activating group) is 1. The first-order valence-corrected chi connectivity index (χ1v) is 12.8. The summed E-state index contributed by atoms with van der Waals surface area (Å²) < 4.78 is 6.38. The van der Waals surface area contributed by atoms with Crippen molar-refractivity contribution < 1.29 is 19.1 Å². The Balaban J connectivity index is 2.11. The lowest BCUT2D eigenvalue weighted by Crippen LogP contribution is -2.59. The molecule has 198 valence electrons. The minimum atomic E-state index is -1.11. The maximum absolute atomic E-state index is 13.9. The lowest BCUT2D eigenvalue weighted by Gasteiger charge is -2.32. The lowest BCUT2D eigenvalue weighted by molar-refractivity contribution is -0.135. The summed E-state index contributed by atoms with van der Waals surface area (Å²) in [5, 5.41) is 11.6. The number of amides is 3. The molecule has 8 nitrogen and oxygen atoms in total. The molecule has 0 radical (unpaired) electrons. The molecule has 2 aromatic carbocycles. The SMILES string of the molecule is CC[C@H](C)[C@@H]1NC(=O)[C@@H](NC(=O)[C@@H](NC)C(C)C)[C@@H](c2ccccc2)Oc2ccc(cc2)/C=C/NC1=O. The Labute approximate surface area is 219 Å². The average molecular weight is 507 g/mol. The standard InChI is InChI=1S/C29H38N4O4/c1-6-19(4)24-27(34)31-17-16-20-12-14-22(15-13-20)37-26(21-10-8-7-9-11-21)25(29(36)32-24)33-28(35)23(30-5)18(2)3/h7-19,23-26,30H,6H2,1-5H3,(H,31,34)(H,32,36)(H,33,35)/b17-16+/t19-,23-,24-,25-,26+/m0/s1. The Bertz CT molecular complexity index is 1080. The Kier molecular flexibility index (Phi) is 9.85. The van der Waals surface area contributed by atoms with Gasteiger partial charge in [0, 0.05) is 6.20 Å². The molecule has 0 unspecified atom stereocenters. The summed E-state index contributed by atoms with van der Waals surface area (Å²) in [6, 6.07) is 14.2. The number of ether oxygens (including phenoxy) is 1. The van der Waals surface area contributed by atoms with Gasteiger partial charge in [-0.05, 0) is 48.2 Å². The van der Waals surface area contributed by atoms with E-state index in [-0.39, 0.29) is 23.7 Å². The van der Waals surface area contributed by atoms with Gasteiger partial charge in [0.05, 0.1) is 6.04 Å². The van der Waals surface area contributed by atoms with Crippen LogP contribution in [-0.4, -0.2) is 42.9 Å². The van der Waals surface area contributed by atoms with Gasteiger partial charge in [0.2, 0.25) is 17.7 Å². The second kappa shape index (κ2) is 13.1. The molecule has 0 spiro atoms. The van der Waals surface area contributed by atoms with Crippen LogP contribution in [0.25, 0.3) is 6.08 Å². The molecule has 4 N–H and O–H groups in total. The smallest absolute Gasteiger partial charge is 0.247 e. The number of fused-ring (bicyclic) bond motifs is 10. The van der Waals surface area contributed by atoms with Crippen molar-refractivity contribution in [3.05, 3.63) is 71.9 Å². The molecule has 0 fully saturated rings. The van der Waals surface area contributed by atoms with E-state index in [1.54, 1.807) is 31.5 Å². The molecule has 8 heteroatoms. The Morgan fingerprint density at radius 1 is 1.00 bits per heavy atom. The van der Waals surface area contributed by atoms with Crippen molar-refractivity contribution in [2.24, 2.45) is 11.8 Å². The molecular formula is C29H38N4O4. The highest BCUT2D eigenvalue weighted by Gasteiger charge is 2.37. The molecule has 2 aliphatic rings. The number of benzene rings is 2. The molecule has 0 aromatic heterocycles.